The number of fused-ring (bicyclic) bond motifs is 2. The Morgan fingerprint density at radius 1 is 1.27 bits per heavy atom. The van der Waals surface area contributed by atoms with Crippen molar-refractivity contribution >= 4 is 10.9 Å². The number of aromatic nitrogens is 1. The number of nitrogens with one attached hydrogen (secondary N) is 1. The topological polar surface area (TPSA) is 34.1 Å². The standard InChI is InChI=1S/C12H12N2O/c1-2-4-10-9(3-1)7-12-11(14-10)8-13-5-6-15-12/h1-4,7,13H,5-6,8H2. The Hall–Kier alpha value is -1.61. The molecular weight excluding hydrogens is 188 g/mol. The molecule has 15 heavy (non-hydrogen) atoms. The summed E-state index contributed by atoms with van der Waals surface area (Å²) in [5, 5.41) is 4.42. The number of nitrogens with zero attached hydrogens (tertiary/aromatic N) is 1. The molecule has 1 N–H and O–H groups in total. The Balaban J connectivity index is 2.20. The largest absolute Gasteiger partial charge is 0.490 e. The van der Waals surface area contributed by atoms with Crippen molar-refractivity contribution in [2.24, 2.45) is 0 Å². The van der Waals surface area contributed by atoms with Gasteiger partial charge in [-0.3, -0.25) is 0 Å². The maximum absolute atomic E-state index is 5.63. The summed E-state index contributed by atoms with van der Waals surface area (Å²) >= 11 is 0. The molecule has 76 valence electrons. The van der Waals surface area contributed by atoms with Crippen LogP contribution >= 0.6 is 0 Å². The second-order valence-corrected chi connectivity index (χ2v) is 3.65. The lowest BCUT2D eigenvalue weighted by Gasteiger charge is -2.07. The molecular formula is C12H12N2O. The molecule has 1 aromatic carbocycles. The zero-order chi connectivity index (χ0) is 10.1. The highest BCUT2D eigenvalue weighted by atomic mass is 16.5. The average molecular weight is 200 g/mol. The number of benzene rings is 1. The fourth-order valence-electron chi connectivity index (χ4n) is 1.83. The van der Waals surface area contributed by atoms with Crippen LogP contribution in [0.3, 0.4) is 0 Å². The third kappa shape index (κ3) is 1.55. The van der Waals surface area contributed by atoms with Crippen LogP contribution < -0.4 is 10.1 Å². The monoisotopic (exact) mass is 200 g/mol. The molecule has 0 bridgehead atoms. The predicted octanol–water partition coefficient (Wildman–Crippen LogP) is 1.72. The van der Waals surface area contributed by atoms with Crippen LogP contribution in [-0.2, 0) is 6.54 Å². The molecule has 0 saturated carbocycles. The summed E-state index contributed by atoms with van der Waals surface area (Å²) in [5.74, 6) is 0.915. The van der Waals surface area contributed by atoms with Gasteiger partial charge in [0.05, 0.1) is 11.2 Å². The van der Waals surface area contributed by atoms with E-state index in [-0.39, 0.29) is 0 Å². The molecule has 3 nitrogen and oxygen atoms in total. The molecule has 3 heteroatoms. The van der Waals surface area contributed by atoms with Gasteiger partial charge in [0.1, 0.15) is 12.4 Å². The fraction of sp³-hybridized carbons (Fsp3) is 0.250. The summed E-state index contributed by atoms with van der Waals surface area (Å²) in [4.78, 5) is 4.59. The molecule has 1 aliphatic heterocycles. The van der Waals surface area contributed by atoms with Crippen LogP contribution in [0.15, 0.2) is 30.3 Å². The predicted molar refractivity (Wildman–Crippen MR) is 58.9 cm³/mol. The summed E-state index contributed by atoms with van der Waals surface area (Å²) < 4.78 is 5.63. The summed E-state index contributed by atoms with van der Waals surface area (Å²) in [5.41, 5.74) is 2.04. The molecule has 0 saturated heterocycles. The molecule has 0 radical (unpaired) electrons. The maximum Gasteiger partial charge on any atom is 0.142 e. The molecule has 0 amide bonds. The van der Waals surface area contributed by atoms with Crippen molar-refractivity contribution in [2.75, 3.05) is 13.2 Å². The van der Waals surface area contributed by atoms with E-state index in [0.717, 1.165) is 35.4 Å². The summed E-state index contributed by atoms with van der Waals surface area (Å²) in [7, 11) is 0. The first-order valence-electron chi connectivity index (χ1n) is 5.16. The van der Waals surface area contributed by atoms with Gasteiger partial charge in [0.15, 0.2) is 0 Å². The van der Waals surface area contributed by atoms with Gasteiger partial charge in [0, 0.05) is 18.5 Å². The van der Waals surface area contributed by atoms with Crippen LogP contribution in [-0.4, -0.2) is 18.1 Å². The second-order valence-electron chi connectivity index (χ2n) is 3.65. The Labute approximate surface area is 88.1 Å². The average Bonchev–Trinajstić information content (AvgIpc) is 2.50. The maximum atomic E-state index is 5.63. The van der Waals surface area contributed by atoms with E-state index in [1.165, 1.54) is 0 Å². The highest BCUT2D eigenvalue weighted by molar-refractivity contribution is 5.80. The Morgan fingerprint density at radius 2 is 2.20 bits per heavy atom. The highest BCUT2D eigenvalue weighted by Gasteiger charge is 2.10. The number of hydrogen-bond donors (Lipinski definition) is 1. The SMILES string of the molecule is c1ccc2nc3c(cc2c1)OCCNC3. The number of hydrogen-bond acceptors (Lipinski definition) is 3. The Bertz CT molecular complexity index is 451. The molecule has 0 unspecified atom stereocenters. The lowest BCUT2D eigenvalue weighted by atomic mass is 10.2. The molecule has 1 aromatic heterocycles. The molecule has 1 aliphatic rings. The van der Waals surface area contributed by atoms with Crippen LogP contribution in [0.25, 0.3) is 10.9 Å². The highest BCUT2D eigenvalue weighted by Crippen LogP contribution is 2.23. The third-order valence-electron chi connectivity index (χ3n) is 2.59. The van der Waals surface area contributed by atoms with Gasteiger partial charge >= 0.3 is 0 Å². The quantitative estimate of drug-likeness (QED) is 0.703. The van der Waals surface area contributed by atoms with Gasteiger partial charge in [-0.1, -0.05) is 18.2 Å². The van der Waals surface area contributed by atoms with Gasteiger partial charge in [-0.2, -0.15) is 0 Å². The van der Waals surface area contributed by atoms with E-state index in [1.54, 1.807) is 0 Å². The molecule has 0 atom stereocenters. The summed E-state index contributed by atoms with van der Waals surface area (Å²) in [6, 6.07) is 10.2. The molecule has 0 aliphatic carbocycles. The van der Waals surface area contributed by atoms with Gasteiger partial charge < -0.3 is 10.1 Å². The Morgan fingerprint density at radius 3 is 3.20 bits per heavy atom. The molecule has 3 rings (SSSR count). The van der Waals surface area contributed by atoms with E-state index in [2.05, 4.69) is 22.4 Å². The van der Waals surface area contributed by atoms with Gasteiger partial charge in [0.2, 0.25) is 0 Å². The minimum atomic E-state index is 0.715. The minimum Gasteiger partial charge on any atom is -0.490 e. The van der Waals surface area contributed by atoms with Gasteiger partial charge in [-0.15, -0.1) is 0 Å². The van der Waals surface area contributed by atoms with E-state index in [1.807, 2.05) is 18.2 Å². The van der Waals surface area contributed by atoms with E-state index in [4.69, 9.17) is 4.74 Å². The molecule has 2 aromatic rings. The first-order chi connectivity index (χ1) is 7.43. The number of para-hydroxylation sites is 1. The lowest BCUT2D eigenvalue weighted by molar-refractivity contribution is 0.325. The zero-order valence-corrected chi connectivity index (χ0v) is 8.36. The normalized spacial score (nSPS) is 15.5. The molecule has 0 spiro atoms. The Kier molecular flexibility index (Phi) is 2.03. The number of ether oxygens (including phenoxy) is 1. The van der Waals surface area contributed by atoms with Gasteiger partial charge in [-0.05, 0) is 12.1 Å². The van der Waals surface area contributed by atoms with Crippen molar-refractivity contribution in [3.8, 4) is 5.75 Å². The summed E-state index contributed by atoms with van der Waals surface area (Å²) in [6.07, 6.45) is 0. The van der Waals surface area contributed by atoms with Crippen molar-refractivity contribution < 1.29 is 4.74 Å². The van der Waals surface area contributed by atoms with Crippen LogP contribution in [0, 0.1) is 0 Å². The number of rotatable bonds is 0. The molecule has 0 fully saturated rings. The second kappa shape index (κ2) is 3.51. The van der Waals surface area contributed by atoms with Crippen molar-refractivity contribution in [2.45, 2.75) is 6.54 Å². The minimum absolute atomic E-state index is 0.715. The van der Waals surface area contributed by atoms with Gasteiger partial charge in [-0.25, -0.2) is 4.98 Å². The zero-order valence-electron chi connectivity index (χ0n) is 8.36. The van der Waals surface area contributed by atoms with Crippen LogP contribution in [0.4, 0.5) is 0 Å². The van der Waals surface area contributed by atoms with Crippen molar-refractivity contribution in [3.05, 3.63) is 36.0 Å². The smallest absolute Gasteiger partial charge is 0.142 e. The fourth-order valence-corrected chi connectivity index (χ4v) is 1.83. The molecule has 2 heterocycles. The van der Waals surface area contributed by atoms with E-state index in [9.17, 15) is 0 Å². The van der Waals surface area contributed by atoms with Gasteiger partial charge in [0.25, 0.3) is 0 Å². The van der Waals surface area contributed by atoms with Crippen molar-refractivity contribution in [1.29, 1.82) is 0 Å². The number of pyridine rings is 1. The van der Waals surface area contributed by atoms with Crippen molar-refractivity contribution in [1.82, 2.24) is 10.3 Å². The third-order valence-corrected chi connectivity index (χ3v) is 2.59. The van der Waals surface area contributed by atoms with Crippen LogP contribution in [0.2, 0.25) is 0 Å². The van der Waals surface area contributed by atoms with Crippen molar-refractivity contribution in [3.63, 3.8) is 0 Å². The first kappa shape index (κ1) is 8.68. The summed E-state index contributed by atoms with van der Waals surface area (Å²) in [6.45, 7) is 2.39. The van der Waals surface area contributed by atoms with Crippen LogP contribution in [0.5, 0.6) is 5.75 Å². The van der Waals surface area contributed by atoms with Crippen LogP contribution in [0.1, 0.15) is 5.69 Å². The first-order valence-corrected chi connectivity index (χ1v) is 5.16. The lowest BCUT2D eigenvalue weighted by Crippen LogP contribution is -2.16. The van der Waals surface area contributed by atoms with E-state index >= 15 is 0 Å². The van der Waals surface area contributed by atoms with E-state index < -0.39 is 0 Å². The van der Waals surface area contributed by atoms with E-state index in [0.29, 0.717) is 6.61 Å².